The van der Waals surface area contributed by atoms with Gasteiger partial charge in [-0.15, -0.1) is 0 Å². The van der Waals surface area contributed by atoms with Gasteiger partial charge in [0, 0.05) is 12.6 Å². The molecular formula is C16H31N3. The molecule has 0 amide bonds. The molecule has 1 rings (SSSR count). The molecule has 0 unspecified atom stereocenters. The van der Waals surface area contributed by atoms with E-state index in [-0.39, 0.29) is 5.41 Å². The Bertz CT molecular complexity index is 285. The first-order valence-corrected chi connectivity index (χ1v) is 7.80. The molecule has 1 aliphatic rings. The van der Waals surface area contributed by atoms with E-state index >= 15 is 0 Å². The highest BCUT2D eigenvalue weighted by Crippen LogP contribution is 2.22. The molecule has 3 nitrogen and oxygen atoms in total. The predicted molar refractivity (Wildman–Crippen MR) is 80.9 cm³/mol. The molecule has 0 spiro atoms. The van der Waals surface area contributed by atoms with Gasteiger partial charge in [0.05, 0.1) is 11.5 Å². The van der Waals surface area contributed by atoms with Gasteiger partial charge in [-0.1, -0.05) is 0 Å². The number of piperidine rings is 1. The summed E-state index contributed by atoms with van der Waals surface area (Å²) in [5.41, 5.74) is -0.169. The Balaban J connectivity index is 2.34. The third kappa shape index (κ3) is 6.40. The first-order valence-electron chi connectivity index (χ1n) is 7.80. The SMILES string of the molecule is CC(C)N(CCCC(C)(C)C#N)CC1CCNCC1. The van der Waals surface area contributed by atoms with Crippen LogP contribution in [0.5, 0.6) is 0 Å². The van der Waals surface area contributed by atoms with E-state index in [9.17, 15) is 0 Å². The summed E-state index contributed by atoms with van der Waals surface area (Å²) < 4.78 is 0. The van der Waals surface area contributed by atoms with Gasteiger partial charge in [-0.2, -0.15) is 5.26 Å². The highest BCUT2D eigenvalue weighted by atomic mass is 15.1. The molecule has 3 heteroatoms. The van der Waals surface area contributed by atoms with Crippen LogP contribution in [0.1, 0.15) is 53.4 Å². The fraction of sp³-hybridized carbons (Fsp3) is 0.938. The van der Waals surface area contributed by atoms with Gasteiger partial charge in [0.1, 0.15) is 0 Å². The Kier molecular flexibility index (Phi) is 6.82. The molecule has 0 aromatic carbocycles. The van der Waals surface area contributed by atoms with Crippen LogP contribution in [-0.2, 0) is 0 Å². The number of nitrogens with zero attached hydrogens (tertiary/aromatic N) is 2. The van der Waals surface area contributed by atoms with Gasteiger partial charge in [0.15, 0.2) is 0 Å². The fourth-order valence-electron chi connectivity index (χ4n) is 2.74. The maximum absolute atomic E-state index is 9.06. The second-order valence-electron chi connectivity index (χ2n) is 6.88. The van der Waals surface area contributed by atoms with E-state index in [2.05, 4.69) is 30.1 Å². The van der Waals surface area contributed by atoms with Crippen molar-refractivity contribution >= 4 is 0 Å². The van der Waals surface area contributed by atoms with Crippen molar-refractivity contribution in [2.75, 3.05) is 26.2 Å². The summed E-state index contributed by atoms with van der Waals surface area (Å²) in [6.45, 7) is 13.4. The van der Waals surface area contributed by atoms with Crippen LogP contribution in [0, 0.1) is 22.7 Å². The molecule has 0 bridgehead atoms. The summed E-state index contributed by atoms with van der Waals surface area (Å²) in [5.74, 6) is 0.854. The van der Waals surface area contributed by atoms with Gasteiger partial charge in [0.2, 0.25) is 0 Å². The summed E-state index contributed by atoms with van der Waals surface area (Å²) in [4.78, 5) is 2.60. The molecule has 1 heterocycles. The zero-order valence-corrected chi connectivity index (χ0v) is 13.2. The van der Waals surface area contributed by atoms with Crippen LogP contribution in [0.25, 0.3) is 0 Å². The summed E-state index contributed by atoms with van der Waals surface area (Å²) in [7, 11) is 0. The van der Waals surface area contributed by atoms with Crippen molar-refractivity contribution in [1.82, 2.24) is 10.2 Å². The molecule has 0 saturated carbocycles. The average molecular weight is 265 g/mol. The van der Waals surface area contributed by atoms with Crippen LogP contribution in [0.4, 0.5) is 0 Å². The zero-order chi connectivity index (χ0) is 14.3. The van der Waals surface area contributed by atoms with Gasteiger partial charge in [-0.25, -0.2) is 0 Å². The Morgan fingerprint density at radius 3 is 2.47 bits per heavy atom. The van der Waals surface area contributed by atoms with E-state index in [1.54, 1.807) is 0 Å². The van der Waals surface area contributed by atoms with Crippen molar-refractivity contribution in [3.05, 3.63) is 0 Å². The normalized spacial score (nSPS) is 17.9. The first kappa shape index (κ1) is 16.5. The minimum absolute atomic E-state index is 0.169. The van der Waals surface area contributed by atoms with Crippen LogP contribution in [-0.4, -0.2) is 37.1 Å². The van der Waals surface area contributed by atoms with Crippen molar-refractivity contribution in [2.24, 2.45) is 11.3 Å². The van der Waals surface area contributed by atoms with E-state index in [1.807, 2.05) is 13.8 Å². The van der Waals surface area contributed by atoms with Crippen molar-refractivity contribution < 1.29 is 0 Å². The van der Waals surface area contributed by atoms with Gasteiger partial charge in [-0.3, -0.25) is 0 Å². The minimum atomic E-state index is -0.169. The smallest absolute Gasteiger partial charge is 0.0683 e. The molecule has 19 heavy (non-hydrogen) atoms. The van der Waals surface area contributed by atoms with Crippen LogP contribution in [0.3, 0.4) is 0 Å². The van der Waals surface area contributed by atoms with Crippen LogP contribution in [0.2, 0.25) is 0 Å². The van der Waals surface area contributed by atoms with Crippen molar-refractivity contribution in [1.29, 1.82) is 5.26 Å². The van der Waals surface area contributed by atoms with E-state index in [0.29, 0.717) is 6.04 Å². The lowest BCUT2D eigenvalue weighted by atomic mass is 9.89. The topological polar surface area (TPSA) is 39.1 Å². The van der Waals surface area contributed by atoms with Crippen LogP contribution < -0.4 is 5.32 Å². The highest BCUT2D eigenvalue weighted by molar-refractivity contribution is 4.91. The largest absolute Gasteiger partial charge is 0.317 e. The maximum atomic E-state index is 9.06. The van der Waals surface area contributed by atoms with Crippen molar-refractivity contribution in [3.8, 4) is 6.07 Å². The number of hydrogen-bond donors (Lipinski definition) is 1. The van der Waals surface area contributed by atoms with Gasteiger partial charge in [0.25, 0.3) is 0 Å². The molecule has 1 fully saturated rings. The molecular weight excluding hydrogens is 234 g/mol. The lowest BCUT2D eigenvalue weighted by Crippen LogP contribution is -2.40. The second-order valence-corrected chi connectivity index (χ2v) is 6.88. The van der Waals surface area contributed by atoms with Crippen LogP contribution >= 0.6 is 0 Å². The Hall–Kier alpha value is -0.590. The predicted octanol–water partition coefficient (Wildman–Crippen LogP) is 3.03. The second kappa shape index (κ2) is 7.87. The highest BCUT2D eigenvalue weighted by Gasteiger charge is 2.20. The fourth-order valence-corrected chi connectivity index (χ4v) is 2.74. The summed E-state index contributed by atoms with van der Waals surface area (Å²) in [5, 5.41) is 12.5. The number of nitrogens with one attached hydrogen (secondary N) is 1. The van der Waals surface area contributed by atoms with E-state index in [4.69, 9.17) is 5.26 Å². The van der Waals surface area contributed by atoms with Gasteiger partial charge in [-0.05, 0) is 78.9 Å². The Labute approximate surface area is 119 Å². The summed E-state index contributed by atoms with van der Waals surface area (Å²) in [6.07, 6.45) is 4.75. The molecule has 0 aliphatic carbocycles. The molecule has 0 aromatic rings. The minimum Gasteiger partial charge on any atom is -0.317 e. The van der Waals surface area contributed by atoms with E-state index in [0.717, 1.165) is 25.3 Å². The van der Waals surface area contributed by atoms with Crippen LogP contribution in [0.15, 0.2) is 0 Å². The average Bonchev–Trinajstić information content (AvgIpc) is 2.38. The molecule has 110 valence electrons. The lowest BCUT2D eigenvalue weighted by molar-refractivity contribution is 0.162. The van der Waals surface area contributed by atoms with E-state index in [1.165, 1.54) is 32.5 Å². The molecule has 1 saturated heterocycles. The number of rotatable bonds is 7. The Morgan fingerprint density at radius 1 is 1.32 bits per heavy atom. The third-order valence-corrected chi connectivity index (χ3v) is 4.23. The van der Waals surface area contributed by atoms with Gasteiger partial charge < -0.3 is 10.2 Å². The first-order chi connectivity index (χ1) is 8.94. The molecule has 0 atom stereocenters. The number of nitriles is 1. The summed E-state index contributed by atoms with van der Waals surface area (Å²) >= 11 is 0. The maximum Gasteiger partial charge on any atom is 0.0683 e. The lowest BCUT2D eigenvalue weighted by Gasteiger charge is -2.33. The number of hydrogen-bond acceptors (Lipinski definition) is 3. The van der Waals surface area contributed by atoms with Crippen molar-refractivity contribution in [3.63, 3.8) is 0 Å². The van der Waals surface area contributed by atoms with E-state index < -0.39 is 0 Å². The molecule has 1 aliphatic heterocycles. The summed E-state index contributed by atoms with van der Waals surface area (Å²) in [6, 6.07) is 3.01. The third-order valence-electron chi connectivity index (χ3n) is 4.23. The molecule has 1 N–H and O–H groups in total. The van der Waals surface area contributed by atoms with Crippen molar-refractivity contribution in [2.45, 2.75) is 59.4 Å². The quantitative estimate of drug-likeness (QED) is 0.769. The molecule has 0 radical (unpaired) electrons. The molecule has 0 aromatic heterocycles. The zero-order valence-electron chi connectivity index (χ0n) is 13.2. The van der Waals surface area contributed by atoms with Gasteiger partial charge >= 0.3 is 0 Å². The Morgan fingerprint density at radius 2 is 1.95 bits per heavy atom. The standard InChI is InChI=1S/C16H31N3/c1-14(2)19(11-5-8-16(3,4)13-17)12-15-6-9-18-10-7-15/h14-15,18H,5-12H2,1-4H3. The monoisotopic (exact) mass is 265 g/mol.